The van der Waals surface area contributed by atoms with Crippen molar-refractivity contribution in [3.05, 3.63) is 41.6 Å². The van der Waals surface area contributed by atoms with E-state index in [2.05, 4.69) is 15.3 Å². The molecule has 0 aliphatic rings. The molecule has 0 atom stereocenters. The highest BCUT2D eigenvalue weighted by Crippen LogP contribution is 2.12. The van der Waals surface area contributed by atoms with E-state index in [1.165, 1.54) is 0 Å². The molecule has 0 aliphatic heterocycles. The van der Waals surface area contributed by atoms with E-state index < -0.39 is 0 Å². The summed E-state index contributed by atoms with van der Waals surface area (Å²) in [6.45, 7) is 3.38. The van der Waals surface area contributed by atoms with E-state index in [9.17, 15) is 0 Å². The molecule has 2 aromatic heterocycles. The minimum atomic E-state index is 0.662. The van der Waals surface area contributed by atoms with Crippen LogP contribution in [0.2, 0.25) is 0 Å². The zero-order chi connectivity index (χ0) is 13.0. The van der Waals surface area contributed by atoms with Crippen molar-refractivity contribution in [2.24, 2.45) is 0 Å². The molecule has 0 aromatic carbocycles. The van der Waals surface area contributed by atoms with E-state index in [0.29, 0.717) is 6.54 Å². The zero-order valence-electron chi connectivity index (χ0n) is 11.0. The molecular weight excluding hydrogens is 228 g/mol. The van der Waals surface area contributed by atoms with Gasteiger partial charge in [-0.1, -0.05) is 0 Å². The van der Waals surface area contributed by atoms with Crippen LogP contribution in [-0.4, -0.2) is 24.1 Å². The molecule has 0 radical (unpaired) electrons. The third-order valence-corrected chi connectivity index (χ3v) is 2.57. The monoisotopic (exact) mass is 246 g/mol. The molecule has 0 amide bonds. The lowest BCUT2D eigenvalue weighted by atomic mass is 10.3. The van der Waals surface area contributed by atoms with Crippen molar-refractivity contribution in [2.75, 3.05) is 19.0 Å². The number of hydrogen-bond donors (Lipinski definition) is 1. The van der Waals surface area contributed by atoms with Gasteiger partial charge >= 0.3 is 0 Å². The van der Waals surface area contributed by atoms with Gasteiger partial charge in [-0.15, -0.1) is 0 Å². The SMILES string of the molecule is CNCc1cc(C)nc(N(C)Cc2ccco2)n1. The second-order valence-electron chi connectivity index (χ2n) is 4.27. The van der Waals surface area contributed by atoms with Gasteiger partial charge < -0.3 is 14.6 Å². The van der Waals surface area contributed by atoms with Crippen LogP contribution in [0.1, 0.15) is 17.1 Å². The molecule has 0 aliphatic carbocycles. The molecular formula is C13H18N4O. The summed E-state index contributed by atoms with van der Waals surface area (Å²) in [5.41, 5.74) is 1.96. The molecule has 0 spiro atoms. The maximum atomic E-state index is 5.32. The number of nitrogens with one attached hydrogen (secondary N) is 1. The van der Waals surface area contributed by atoms with Crippen LogP contribution in [0.3, 0.4) is 0 Å². The predicted molar refractivity (Wildman–Crippen MR) is 70.3 cm³/mol. The van der Waals surface area contributed by atoms with Gasteiger partial charge in [0.2, 0.25) is 5.95 Å². The molecule has 0 bridgehead atoms. The Hall–Kier alpha value is -1.88. The smallest absolute Gasteiger partial charge is 0.225 e. The largest absolute Gasteiger partial charge is 0.467 e. The summed E-state index contributed by atoms with van der Waals surface area (Å²) in [6, 6.07) is 5.81. The zero-order valence-corrected chi connectivity index (χ0v) is 11.0. The van der Waals surface area contributed by atoms with Gasteiger partial charge in [0.25, 0.3) is 0 Å². The molecule has 2 aromatic rings. The second-order valence-corrected chi connectivity index (χ2v) is 4.27. The molecule has 96 valence electrons. The second kappa shape index (κ2) is 5.64. The number of hydrogen-bond acceptors (Lipinski definition) is 5. The fourth-order valence-electron chi connectivity index (χ4n) is 1.77. The van der Waals surface area contributed by atoms with E-state index >= 15 is 0 Å². The van der Waals surface area contributed by atoms with Gasteiger partial charge in [0, 0.05) is 19.3 Å². The average Bonchev–Trinajstić information content (AvgIpc) is 2.81. The molecule has 18 heavy (non-hydrogen) atoms. The lowest BCUT2D eigenvalue weighted by molar-refractivity contribution is 0.506. The van der Waals surface area contributed by atoms with Gasteiger partial charge in [-0.2, -0.15) is 0 Å². The van der Waals surface area contributed by atoms with Gasteiger partial charge in [0.1, 0.15) is 5.76 Å². The van der Waals surface area contributed by atoms with Crippen molar-refractivity contribution in [3.63, 3.8) is 0 Å². The molecule has 2 heterocycles. The first-order valence-electron chi connectivity index (χ1n) is 5.91. The van der Waals surface area contributed by atoms with E-state index in [1.807, 2.05) is 44.1 Å². The molecule has 2 rings (SSSR count). The standard InChI is InChI=1S/C13H18N4O/c1-10-7-11(8-14-2)16-13(15-10)17(3)9-12-5-4-6-18-12/h4-7,14H,8-9H2,1-3H3. The molecule has 0 unspecified atom stereocenters. The van der Waals surface area contributed by atoms with Crippen molar-refractivity contribution >= 4 is 5.95 Å². The van der Waals surface area contributed by atoms with E-state index in [4.69, 9.17) is 4.42 Å². The number of nitrogens with zero attached hydrogens (tertiary/aromatic N) is 3. The maximum Gasteiger partial charge on any atom is 0.225 e. The van der Waals surface area contributed by atoms with Crippen molar-refractivity contribution in [2.45, 2.75) is 20.0 Å². The third-order valence-electron chi connectivity index (χ3n) is 2.57. The Bertz CT molecular complexity index is 496. The molecule has 5 heteroatoms. The Balaban J connectivity index is 2.16. The Kier molecular flexibility index (Phi) is 3.94. The lowest BCUT2D eigenvalue weighted by Gasteiger charge is -2.16. The summed E-state index contributed by atoms with van der Waals surface area (Å²) in [6.07, 6.45) is 1.67. The van der Waals surface area contributed by atoms with E-state index in [-0.39, 0.29) is 0 Å². The highest BCUT2D eigenvalue weighted by Gasteiger charge is 2.09. The van der Waals surface area contributed by atoms with E-state index in [1.54, 1.807) is 6.26 Å². The minimum absolute atomic E-state index is 0.662. The fourth-order valence-corrected chi connectivity index (χ4v) is 1.77. The Morgan fingerprint density at radius 2 is 2.22 bits per heavy atom. The van der Waals surface area contributed by atoms with Crippen molar-refractivity contribution in [3.8, 4) is 0 Å². The van der Waals surface area contributed by atoms with Gasteiger partial charge in [-0.25, -0.2) is 9.97 Å². The van der Waals surface area contributed by atoms with Crippen LogP contribution < -0.4 is 10.2 Å². The van der Waals surface area contributed by atoms with Crippen LogP contribution in [-0.2, 0) is 13.1 Å². The van der Waals surface area contributed by atoms with Gasteiger partial charge in [0.15, 0.2) is 0 Å². The summed E-state index contributed by atoms with van der Waals surface area (Å²) < 4.78 is 5.32. The Morgan fingerprint density at radius 1 is 1.39 bits per heavy atom. The number of aryl methyl sites for hydroxylation is 1. The molecule has 0 saturated carbocycles. The highest BCUT2D eigenvalue weighted by atomic mass is 16.3. The first-order chi connectivity index (χ1) is 8.69. The summed E-state index contributed by atoms with van der Waals surface area (Å²) in [7, 11) is 3.87. The quantitative estimate of drug-likeness (QED) is 0.870. The van der Waals surface area contributed by atoms with Gasteiger partial charge in [-0.3, -0.25) is 0 Å². The van der Waals surface area contributed by atoms with Crippen molar-refractivity contribution in [1.82, 2.24) is 15.3 Å². The van der Waals surface area contributed by atoms with E-state index in [0.717, 1.165) is 29.6 Å². The number of anilines is 1. The molecule has 1 N–H and O–H groups in total. The molecule has 0 fully saturated rings. The number of rotatable bonds is 5. The summed E-state index contributed by atoms with van der Waals surface area (Å²) >= 11 is 0. The van der Waals surface area contributed by atoms with Crippen molar-refractivity contribution in [1.29, 1.82) is 0 Å². The van der Waals surface area contributed by atoms with Gasteiger partial charge in [-0.05, 0) is 32.2 Å². The topological polar surface area (TPSA) is 54.2 Å². The first-order valence-corrected chi connectivity index (χ1v) is 5.91. The number of aromatic nitrogens is 2. The normalized spacial score (nSPS) is 10.6. The van der Waals surface area contributed by atoms with Crippen LogP contribution in [0.4, 0.5) is 5.95 Å². The lowest BCUT2D eigenvalue weighted by Crippen LogP contribution is -2.20. The molecule has 0 saturated heterocycles. The van der Waals surface area contributed by atoms with Crippen LogP contribution >= 0.6 is 0 Å². The van der Waals surface area contributed by atoms with Crippen LogP contribution in [0, 0.1) is 6.92 Å². The Morgan fingerprint density at radius 3 is 2.89 bits per heavy atom. The summed E-state index contributed by atoms with van der Waals surface area (Å²) in [5, 5.41) is 3.10. The van der Waals surface area contributed by atoms with Crippen LogP contribution in [0.15, 0.2) is 28.9 Å². The minimum Gasteiger partial charge on any atom is -0.467 e. The molecule has 5 nitrogen and oxygen atoms in total. The van der Waals surface area contributed by atoms with Crippen molar-refractivity contribution < 1.29 is 4.42 Å². The van der Waals surface area contributed by atoms with Crippen LogP contribution in [0.25, 0.3) is 0 Å². The maximum absolute atomic E-state index is 5.32. The fraction of sp³-hybridized carbons (Fsp3) is 0.385. The van der Waals surface area contributed by atoms with Gasteiger partial charge in [0.05, 0.1) is 18.5 Å². The number of furan rings is 1. The third kappa shape index (κ3) is 3.07. The van der Waals surface area contributed by atoms with Crippen LogP contribution in [0.5, 0.6) is 0 Å². The Labute approximate surface area is 107 Å². The predicted octanol–water partition coefficient (Wildman–Crippen LogP) is 1.73. The first kappa shape index (κ1) is 12.6. The summed E-state index contributed by atoms with van der Waals surface area (Å²) in [5.74, 6) is 1.62. The highest BCUT2D eigenvalue weighted by molar-refractivity contribution is 5.31. The summed E-state index contributed by atoms with van der Waals surface area (Å²) in [4.78, 5) is 10.9. The average molecular weight is 246 g/mol.